The lowest BCUT2D eigenvalue weighted by molar-refractivity contribution is -0.140. The first-order valence-corrected chi connectivity index (χ1v) is 7.47. The van der Waals surface area contributed by atoms with Crippen molar-refractivity contribution in [2.75, 3.05) is 25.0 Å². The van der Waals surface area contributed by atoms with E-state index in [2.05, 4.69) is 29.2 Å². The fourth-order valence-electron chi connectivity index (χ4n) is 2.85. The number of rotatable bonds is 2. The number of para-hydroxylation sites is 1. The maximum Gasteiger partial charge on any atom is 0.227 e. The molecule has 1 aromatic carbocycles. The summed E-state index contributed by atoms with van der Waals surface area (Å²) >= 11 is 0. The Hall–Kier alpha value is -1.51. The van der Waals surface area contributed by atoms with Crippen LogP contribution < -0.4 is 4.90 Å². The maximum atomic E-state index is 12.3. The van der Waals surface area contributed by atoms with E-state index in [1.54, 1.807) is 0 Å². The SMILES string of the molecule is CN(C(=O)C(C)(C)C)C1CCN(c2ccccc2)CC1. The molecule has 1 fully saturated rings. The summed E-state index contributed by atoms with van der Waals surface area (Å²) in [4.78, 5) is 16.7. The second-order valence-electron chi connectivity index (χ2n) is 6.72. The second-order valence-corrected chi connectivity index (χ2v) is 6.72. The first-order chi connectivity index (χ1) is 9.39. The van der Waals surface area contributed by atoms with E-state index >= 15 is 0 Å². The van der Waals surface area contributed by atoms with E-state index in [4.69, 9.17) is 0 Å². The third-order valence-corrected chi connectivity index (χ3v) is 4.10. The highest BCUT2D eigenvalue weighted by atomic mass is 16.2. The predicted octanol–water partition coefficient (Wildman–Crippen LogP) is 3.16. The van der Waals surface area contributed by atoms with Crippen molar-refractivity contribution in [3.05, 3.63) is 30.3 Å². The Kier molecular flexibility index (Phi) is 4.36. The molecule has 1 aliphatic heterocycles. The van der Waals surface area contributed by atoms with Gasteiger partial charge in [-0.2, -0.15) is 0 Å². The number of carbonyl (C=O) groups excluding carboxylic acids is 1. The van der Waals surface area contributed by atoms with Crippen LogP contribution in [-0.2, 0) is 4.79 Å². The molecular formula is C17H26N2O. The number of nitrogens with zero attached hydrogens (tertiary/aromatic N) is 2. The molecule has 0 spiro atoms. The van der Waals surface area contributed by atoms with Gasteiger partial charge in [0.05, 0.1) is 0 Å². The van der Waals surface area contributed by atoms with Crippen molar-refractivity contribution in [3.8, 4) is 0 Å². The topological polar surface area (TPSA) is 23.6 Å². The summed E-state index contributed by atoms with van der Waals surface area (Å²) in [6, 6.07) is 10.9. The van der Waals surface area contributed by atoms with E-state index in [1.807, 2.05) is 38.8 Å². The van der Waals surface area contributed by atoms with E-state index < -0.39 is 0 Å². The van der Waals surface area contributed by atoms with Crippen LogP contribution in [0.3, 0.4) is 0 Å². The van der Waals surface area contributed by atoms with Crippen molar-refractivity contribution in [1.82, 2.24) is 4.90 Å². The first kappa shape index (κ1) is 14.9. The Bertz CT molecular complexity index is 442. The molecule has 0 atom stereocenters. The molecule has 20 heavy (non-hydrogen) atoms. The molecule has 2 rings (SSSR count). The van der Waals surface area contributed by atoms with Crippen LogP contribution in [0.2, 0.25) is 0 Å². The third-order valence-electron chi connectivity index (χ3n) is 4.10. The van der Waals surface area contributed by atoms with Gasteiger partial charge in [0.2, 0.25) is 5.91 Å². The Balaban J connectivity index is 1.93. The fraction of sp³-hybridized carbons (Fsp3) is 0.588. The average Bonchev–Trinajstić information content (AvgIpc) is 2.46. The molecule has 1 heterocycles. The standard InChI is InChI=1S/C17H26N2O/c1-17(2,3)16(20)18(4)14-10-12-19(13-11-14)15-8-6-5-7-9-15/h5-9,14H,10-13H2,1-4H3. The first-order valence-electron chi connectivity index (χ1n) is 7.47. The number of hydrogen-bond donors (Lipinski definition) is 0. The monoisotopic (exact) mass is 274 g/mol. The molecule has 110 valence electrons. The second kappa shape index (κ2) is 5.86. The van der Waals surface area contributed by atoms with Crippen molar-refractivity contribution >= 4 is 11.6 Å². The van der Waals surface area contributed by atoms with E-state index in [-0.39, 0.29) is 11.3 Å². The van der Waals surface area contributed by atoms with Crippen LogP contribution in [0.15, 0.2) is 30.3 Å². The van der Waals surface area contributed by atoms with Crippen LogP contribution in [0, 0.1) is 5.41 Å². The molecule has 1 amide bonds. The number of anilines is 1. The molecular weight excluding hydrogens is 248 g/mol. The molecule has 3 heteroatoms. The van der Waals surface area contributed by atoms with Crippen LogP contribution in [0.4, 0.5) is 5.69 Å². The average molecular weight is 274 g/mol. The molecule has 1 aliphatic rings. The highest BCUT2D eigenvalue weighted by Gasteiger charge is 2.31. The van der Waals surface area contributed by atoms with Gasteiger partial charge in [0, 0.05) is 37.3 Å². The van der Waals surface area contributed by atoms with E-state index in [1.165, 1.54) is 5.69 Å². The molecule has 0 aromatic heterocycles. The molecule has 0 saturated carbocycles. The van der Waals surface area contributed by atoms with Gasteiger partial charge in [-0.25, -0.2) is 0 Å². The Morgan fingerprint density at radius 3 is 2.20 bits per heavy atom. The zero-order valence-corrected chi connectivity index (χ0v) is 13.1. The molecule has 0 aliphatic carbocycles. The van der Waals surface area contributed by atoms with E-state index in [0.717, 1.165) is 25.9 Å². The molecule has 3 nitrogen and oxygen atoms in total. The van der Waals surface area contributed by atoms with Crippen LogP contribution in [0.5, 0.6) is 0 Å². The molecule has 1 saturated heterocycles. The van der Waals surface area contributed by atoms with Gasteiger partial charge in [-0.15, -0.1) is 0 Å². The summed E-state index contributed by atoms with van der Waals surface area (Å²) in [5, 5.41) is 0. The summed E-state index contributed by atoms with van der Waals surface area (Å²) in [7, 11) is 1.95. The number of benzene rings is 1. The number of carbonyl (C=O) groups is 1. The van der Waals surface area contributed by atoms with Gasteiger partial charge in [-0.1, -0.05) is 39.0 Å². The summed E-state index contributed by atoms with van der Waals surface area (Å²) in [6.07, 6.45) is 2.10. The van der Waals surface area contributed by atoms with Crippen molar-refractivity contribution in [2.24, 2.45) is 5.41 Å². The van der Waals surface area contributed by atoms with Crippen LogP contribution in [0.25, 0.3) is 0 Å². The lowest BCUT2D eigenvalue weighted by Crippen LogP contribution is -2.48. The number of amides is 1. The molecule has 0 radical (unpaired) electrons. The van der Waals surface area contributed by atoms with Crippen LogP contribution >= 0.6 is 0 Å². The van der Waals surface area contributed by atoms with E-state index in [9.17, 15) is 4.79 Å². The summed E-state index contributed by atoms with van der Waals surface area (Å²) in [5.74, 6) is 0.246. The lowest BCUT2D eigenvalue weighted by atomic mass is 9.92. The number of piperidine rings is 1. The van der Waals surface area contributed by atoms with Crippen molar-refractivity contribution in [2.45, 2.75) is 39.7 Å². The van der Waals surface area contributed by atoms with Gasteiger partial charge >= 0.3 is 0 Å². The van der Waals surface area contributed by atoms with Gasteiger partial charge in [-0.3, -0.25) is 4.79 Å². The van der Waals surface area contributed by atoms with Crippen molar-refractivity contribution < 1.29 is 4.79 Å². The Labute approximate surface area is 122 Å². The van der Waals surface area contributed by atoms with Gasteiger partial charge < -0.3 is 9.80 Å². The minimum absolute atomic E-state index is 0.246. The van der Waals surface area contributed by atoms with Gasteiger partial charge in [0.25, 0.3) is 0 Å². The summed E-state index contributed by atoms with van der Waals surface area (Å²) in [5.41, 5.74) is 1.00. The third kappa shape index (κ3) is 3.33. The minimum atomic E-state index is -0.286. The largest absolute Gasteiger partial charge is 0.371 e. The van der Waals surface area contributed by atoms with Gasteiger partial charge in [0.1, 0.15) is 0 Å². The van der Waals surface area contributed by atoms with Crippen molar-refractivity contribution in [1.29, 1.82) is 0 Å². The Morgan fingerprint density at radius 1 is 1.15 bits per heavy atom. The maximum absolute atomic E-state index is 12.3. The van der Waals surface area contributed by atoms with Crippen molar-refractivity contribution in [3.63, 3.8) is 0 Å². The number of hydrogen-bond acceptors (Lipinski definition) is 2. The normalized spacial score (nSPS) is 17.1. The molecule has 1 aromatic rings. The zero-order valence-electron chi connectivity index (χ0n) is 13.1. The molecule has 0 unspecified atom stereocenters. The van der Waals surface area contributed by atoms with Gasteiger partial charge in [-0.05, 0) is 25.0 Å². The summed E-state index contributed by atoms with van der Waals surface area (Å²) < 4.78 is 0. The molecule has 0 bridgehead atoms. The van der Waals surface area contributed by atoms with E-state index in [0.29, 0.717) is 6.04 Å². The Morgan fingerprint density at radius 2 is 1.70 bits per heavy atom. The van der Waals surface area contributed by atoms with Crippen LogP contribution in [-0.4, -0.2) is 37.0 Å². The highest BCUT2D eigenvalue weighted by molar-refractivity contribution is 5.81. The minimum Gasteiger partial charge on any atom is -0.371 e. The highest BCUT2D eigenvalue weighted by Crippen LogP contribution is 2.25. The fourth-order valence-corrected chi connectivity index (χ4v) is 2.85. The zero-order chi connectivity index (χ0) is 14.8. The smallest absolute Gasteiger partial charge is 0.227 e. The van der Waals surface area contributed by atoms with Crippen LogP contribution in [0.1, 0.15) is 33.6 Å². The lowest BCUT2D eigenvalue weighted by Gasteiger charge is -2.39. The predicted molar refractivity (Wildman–Crippen MR) is 83.9 cm³/mol. The summed E-state index contributed by atoms with van der Waals surface area (Å²) in [6.45, 7) is 8.02. The quantitative estimate of drug-likeness (QED) is 0.827. The molecule has 0 N–H and O–H groups in total. The van der Waals surface area contributed by atoms with Gasteiger partial charge in [0.15, 0.2) is 0 Å².